The van der Waals surface area contributed by atoms with E-state index >= 15 is 0 Å². The number of nitrogens with zero attached hydrogens (tertiary/aromatic N) is 1. The van der Waals surface area contributed by atoms with E-state index in [0.717, 1.165) is 0 Å². The predicted octanol–water partition coefficient (Wildman–Crippen LogP) is 1.99. The Morgan fingerprint density at radius 3 is 2.91 bits per heavy atom. The van der Waals surface area contributed by atoms with Crippen molar-refractivity contribution in [2.24, 2.45) is 0 Å². The highest BCUT2D eigenvalue weighted by Gasteiger charge is 2.30. The zero-order valence-corrected chi connectivity index (χ0v) is 12.1. The number of halogens is 1. The number of aromatic hydroxyl groups is 1. The van der Waals surface area contributed by atoms with E-state index in [2.05, 4.69) is 9.97 Å². The highest BCUT2D eigenvalue weighted by Crippen LogP contribution is 2.41. The van der Waals surface area contributed by atoms with Crippen LogP contribution in [0.3, 0.4) is 0 Å². The highest BCUT2D eigenvalue weighted by atomic mass is 35.5. The Morgan fingerprint density at radius 2 is 2.23 bits per heavy atom. The van der Waals surface area contributed by atoms with Crippen LogP contribution in [0.15, 0.2) is 16.9 Å². The van der Waals surface area contributed by atoms with Crippen molar-refractivity contribution in [1.82, 2.24) is 9.97 Å². The van der Waals surface area contributed by atoms with Crippen LogP contribution < -0.4 is 10.3 Å². The monoisotopic (exact) mass is 322 g/mol. The van der Waals surface area contributed by atoms with Crippen molar-refractivity contribution in [3.05, 3.63) is 38.8 Å². The fraction of sp³-hybridized carbons (Fsp3) is 0.214. The van der Waals surface area contributed by atoms with Gasteiger partial charge in [-0.3, -0.25) is 4.79 Å². The van der Waals surface area contributed by atoms with Crippen molar-refractivity contribution in [2.45, 2.75) is 12.8 Å². The van der Waals surface area contributed by atoms with E-state index < -0.39 is 22.8 Å². The van der Waals surface area contributed by atoms with E-state index in [9.17, 15) is 14.7 Å². The fourth-order valence-corrected chi connectivity index (χ4v) is 2.63. The number of hydrogen-bond acceptors (Lipinski definition) is 5. The van der Waals surface area contributed by atoms with Crippen LogP contribution in [0.1, 0.15) is 28.8 Å². The minimum Gasteiger partial charge on any atom is -0.506 e. The third-order valence-electron chi connectivity index (χ3n) is 3.48. The van der Waals surface area contributed by atoms with Crippen molar-refractivity contribution in [2.75, 3.05) is 6.61 Å². The molecule has 3 N–H and O–H groups in total. The lowest BCUT2D eigenvalue weighted by molar-refractivity contribution is 0.0691. The molecule has 1 unspecified atom stereocenters. The average molecular weight is 323 g/mol. The number of carbonyl (C=O) groups is 1. The van der Waals surface area contributed by atoms with E-state index in [1.165, 1.54) is 0 Å². The first kappa shape index (κ1) is 14.4. The maximum absolute atomic E-state index is 12.0. The summed E-state index contributed by atoms with van der Waals surface area (Å²) in [6, 6.07) is 3.15. The lowest BCUT2D eigenvalue weighted by Gasteiger charge is -2.14. The minimum absolute atomic E-state index is 0.186. The van der Waals surface area contributed by atoms with Gasteiger partial charge >= 0.3 is 5.97 Å². The molecule has 0 aliphatic carbocycles. The molecule has 3 heterocycles. The van der Waals surface area contributed by atoms with Crippen LogP contribution >= 0.6 is 11.6 Å². The van der Waals surface area contributed by atoms with Crippen molar-refractivity contribution in [3.8, 4) is 22.9 Å². The van der Waals surface area contributed by atoms with E-state index in [0.29, 0.717) is 5.75 Å². The molecule has 0 radical (unpaired) electrons. The molecule has 3 rings (SSSR count). The molecule has 1 atom stereocenters. The Bertz CT molecular complexity index is 846. The Kier molecular flexibility index (Phi) is 3.29. The molecular weight excluding hydrogens is 312 g/mol. The Hall–Kier alpha value is -2.54. The van der Waals surface area contributed by atoms with Crippen LogP contribution in [0.25, 0.3) is 11.4 Å². The Morgan fingerprint density at radius 1 is 1.50 bits per heavy atom. The molecule has 0 saturated carbocycles. The number of aromatic carboxylic acids is 1. The molecule has 114 valence electrons. The summed E-state index contributed by atoms with van der Waals surface area (Å²) in [4.78, 5) is 29.7. The molecule has 22 heavy (non-hydrogen) atoms. The summed E-state index contributed by atoms with van der Waals surface area (Å²) in [5.74, 6) is -2.03. The van der Waals surface area contributed by atoms with Gasteiger partial charge in [0.1, 0.15) is 22.3 Å². The van der Waals surface area contributed by atoms with Gasteiger partial charge in [0, 0.05) is 11.5 Å². The van der Waals surface area contributed by atoms with Crippen molar-refractivity contribution in [3.63, 3.8) is 0 Å². The number of nitrogens with one attached hydrogen (secondary N) is 1. The number of aromatic amines is 1. The molecule has 0 saturated heterocycles. The Balaban J connectivity index is 2.41. The molecule has 0 aromatic carbocycles. The lowest BCUT2D eigenvalue weighted by Crippen LogP contribution is -2.21. The van der Waals surface area contributed by atoms with Gasteiger partial charge in [0.15, 0.2) is 5.56 Å². The Labute approximate surface area is 129 Å². The number of ether oxygens (including phenoxy) is 1. The summed E-state index contributed by atoms with van der Waals surface area (Å²) in [7, 11) is 0. The minimum atomic E-state index is -1.50. The van der Waals surface area contributed by atoms with Gasteiger partial charge < -0.3 is 19.9 Å². The van der Waals surface area contributed by atoms with Crippen LogP contribution in [-0.4, -0.2) is 32.8 Å². The van der Waals surface area contributed by atoms with Gasteiger partial charge in [0.05, 0.1) is 12.3 Å². The first-order valence-electron chi connectivity index (χ1n) is 6.42. The molecule has 8 heteroatoms. The largest absolute Gasteiger partial charge is 0.506 e. The molecule has 2 aromatic heterocycles. The fourth-order valence-electron chi connectivity index (χ4n) is 2.49. The third kappa shape index (κ3) is 2.10. The standard InChI is InChI=1S/C14H11ClN2O5/c1-5-4-22-6-2-3-7(15)16-10(6)11-8(5)12(18)9(14(20)21)13(19)17-11/h2-3,5H,4H2,1H3,(H,20,21)(H2,17,18,19). The molecule has 0 amide bonds. The van der Waals surface area contributed by atoms with Crippen LogP contribution in [0.5, 0.6) is 11.5 Å². The number of H-pyrrole nitrogens is 1. The first-order valence-corrected chi connectivity index (χ1v) is 6.80. The summed E-state index contributed by atoms with van der Waals surface area (Å²) in [5, 5.41) is 19.5. The van der Waals surface area contributed by atoms with Crippen LogP contribution in [0.4, 0.5) is 0 Å². The lowest BCUT2D eigenvalue weighted by atomic mass is 9.96. The molecule has 1 aliphatic heterocycles. The predicted molar refractivity (Wildman–Crippen MR) is 77.8 cm³/mol. The SMILES string of the molecule is CC1COc2ccc(Cl)nc2-c2[nH]c(=O)c(C(=O)O)c(O)c21. The van der Waals surface area contributed by atoms with Crippen molar-refractivity contribution < 1.29 is 19.7 Å². The maximum atomic E-state index is 12.0. The van der Waals surface area contributed by atoms with E-state index in [4.69, 9.17) is 21.4 Å². The van der Waals surface area contributed by atoms with Gasteiger partial charge in [-0.2, -0.15) is 0 Å². The van der Waals surface area contributed by atoms with E-state index in [1.807, 2.05) is 0 Å². The second-order valence-corrected chi connectivity index (χ2v) is 5.35. The molecule has 0 spiro atoms. The summed E-state index contributed by atoms with van der Waals surface area (Å²) < 4.78 is 5.59. The maximum Gasteiger partial charge on any atom is 0.345 e. The van der Waals surface area contributed by atoms with Gasteiger partial charge in [-0.25, -0.2) is 9.78 Å². The number of carboxylic acid groups (broad SMARTS) is 1. The summed E-state index contributed by atoms with van der Waals surface area (Å²) in [5.41, 5.74) is -0.863. The van der Waals surface area contributed by atoms with Gasteiger partial charge in [0.2, 0.25) is 0 Å². The number of fused-ring (bicyclic) bond motifs is 3. The topological polar surface area (TPSA) is 113 Å². The van der Waals surface area contributed by atoms with E-state index in [-0.39, 0.29) is 34.6 Å². The summed E-state index contributed by atoms with van der Waals surface area (Å²) in [6.07, 6.45) is 0. The molecule has 0 bridgehead atoms. The van der Waals surface area contributed by atoms with Gasteiger partial charge in [0.25, 0.3) is 5.56 Å². The number of hydrogen-bond donors (Lipinski definition) is 3. The zero-order valence-electron chi connectivity index (χ0n) is 11.4. The van der Waals surface area contributed by atoms with Crippen molar-refractivity contribution in [1.29, 1.82) is 0 Å². The zero-order chi connectivity index (χ0) is 16.0. The van der Waals surface area contributed by atoms with Crippen LogP contribution in [0, 0.1) is 0 Å². The van der Waals surface area contributed by atoms with Crippen molar-refractivity contribution >= 4 is 17.6 Å². The quantitative estimate of drug-likeness (QED) is 0.692. The second kappa shape index (κ2) is 5.03. The van der Waals surface area contributed by atoms with Gasteiger partial charge in [-0.15, -0.1) is 0 Å². The number of pyridine rings is 2. The average Bonchev–Trinajstić information content (AvgIpc) is 2.56. The van der Waals surface area contributed by atoms with Crippen LogP contribution in [-0.2, 0) is 0 Å². The van der Waals surface area contributed by atoms with E-state index in [1.54, 1.807) is 19.1 Å². The third-order valence-corrected chi connectivity index (χ3v) is 3.69. The van der Waals surface area contributed by atoms with Gasteiger partial charge in [-0.05, 0) is 12.1 Å². The first-order chi connectivity index (χ1) is 10.4. The number of aromatic nitrogens is 2. The normalized spacial score (nSPS) is 16.2. The molecule has 7 nitrogen and oxygen atoms in total. The molecule has 0 fully saturated rings. The number of carboxylic acids is 1. The molecule has 1 aliphatic rings. The molecular formula is C14H11ClN2O5. The second-order valence-electron chi connectivity index (χ2n) is 4.96. The van der Waals surface area contributed by atoms with Crippen LogP contribution in [0.2, 0.25) is 5.15 Å². The smallest absolute Gasteiger partial charge is 0.345 e. The molecule has 2 aromatic rings. The van der Waals surface area contributed by atoms with Gasteiger partial charge in [-0.1, -0.05) is 18.5 Å². The summed E-state index contributed by atoms with van der Waals surface area (Å²) >= 11 is 5.88. The summed E-state index contributed by atoms with van der Waals surface area (Å²) in [6.45, 7) is 1.94. The number of rotatable bonds is 1. The highest BCUT2D eigenvalue weighted by molar-refractivity contribution is 6.29.